The summed E-state index contributed by atoms with van der Waals surface area (Å²) in [6.07, 6.45) is 0. The van der Waals surface area contributed by atoms with Crippen molar-refractivity contribution in [1.82, 2.24) is 4.57 Å². The molecule has 1 heteroatoms. The molecule has 5 aromatic rings. The number of hydrogen-bond donors (Lipinski definition) is 0. The number of rotatable bonds is 2. The van der Waals surface area contributed by atoms with Gasteiger partial charge in [-0.1, -0.05) is 71.8 Å². The molecule has 1 aromatic heterocycles. The Morgan fingerprint density at radius 2 is 0.839 bits per heavy atom. The van der Waals surface area contributed by atoms with Crippen LogP contribution in [-0.4, -0.2) is 4.57 Å². The van der Waals surface area contributed by atoms with E-state index in [0.717, 1.165) is 0 Å². The van der Waals surface area contributed by atoms with E-state index in [9.17, 15) is 0 Å². The Morgan fingerprint density at radius 1 is 0.484 bits per heavy atom. The van der Waals surface area contributed by atoms with E-state index in [-0.39, 0.29) is 5.54 Å². The first-order valence-corrected chi connectivity index (χ1v) is 11.0. The second-order valence-electron chi connectivity index (χ2n) is 9.70. The molecule has 0 amide bonds. The van der Waals surface area contributed by atoms with Gasteiger partial charge in [-0.15, -0.1) is 0 Å². The summed E-state index contributed by atoms with van der Waals surface area (Å²) in [5.41, 5.74) is 10.2. The van der Waals surface area contributed by atoms with Crippen molar-refractivity contribution in [2.24, 2.45) is 0 Å². The van der Waals surface area contributed by atoms with Gasteiger partial charge in [0.2, 0.25) is 0 Å². The highest BCUT2D eigenvalue weighted by molar-refractivity contribution is 6.10. The molecule has 0 spiro atoms. The Bertz CT molecular complexity index is 1290. The first-order valence-electron chi connectivity index (χ1n) is 11.0. The van der Waals surface area contributed by atoms with E-state index in [1.807, 2.05) is 0 Å². The third-order valence-corrected chi connectivity index (χ3v) is 6.21. The van der Waals surface area contributed by atoms with Crippen LogP contribution in [0.4, 0.5) is 0 Å². The fourth-order valence-electron chi connectivity index (χ4n) is 4.60. The second-order valence-corrected chi connectivity index (χ2v) is 9.70. The molecule has 0 aliphatic rings. The topological polar surface area (TPSA) is 4.93 Å². The molecule has 0 saturated heterocycles. The highest BCUT2D eigenvalue weighted by atomic mass is 15.0. The standard InChI is InChI=1S/C30H29N/c1-20-6-10-22(11-7-20)24-14-16-28-26(18-24)27-19-25(23-12-8-21(2)9-13-23)15-17-29(27)31(28)30(3,4)5/h6-19H,1-5H3. The minimum Gasteiger partial charge on any atom is -0.335 e. The summed E-state index contributed by atoms with van der Waals surface area (Å²) in [5, 5.41) is 2.63. The van der Waals surface area contributed by atoms with Gasteiger partial charge in [-0.25, -0.2) is 0 Å². The SMILES string of the molecule is Cc1ccc(-c2ccc3c(c2)c2cc(-c4ccc(C)cc4)ccc2n3C(C)(C)C)cc1. The van der Waals surface area contributed by atoms with Crippen molar-refractivity contribution in [3.63, 3.8) is 0 Å². The number of fused-ring (bicyclic) bond motifs is 3. The quantitative estimate of drug-likeness (QED) is 0.278. The van der Waals surface area contributed by atoms with E-state index in [1.165, 1.54) is 55.2 Å². The lowest BCUT2D eigenvalue weighted by Gasteiger charge is -2.24. The molecule has 0 aliphatic heterocycles. The van der Waals surface area contributed by atoms with Crippen LogP contribution in [0.1, 0.15) is 31.9 Å². The predicted molar refractivity (Wildman–Crippen MR) is 135 cm³/mol. The van der Waals surface area contributed by atoms with Gasteiger partial charge in [-0.05, 0) is 81.1 Å². The third-order valence-electron chi connectivity index (χ3n) is 6.21. The second kappa shape index (κ2) is 7.13. The van der Waals surface area contributed by atoms with Gasteiger partial charge in [0.15, 0.2) is 0 Å². The van der Waals surface area contributed by atoms with Gasteiger partial charge < -0.3 is 4.57 Å². The van der Waals surface area contributed by atoms with E-state index in [1.54, 1.807) is 0 Å². The summed E-state index contributed by atoms with van der Waals surface area (Å²) in [4.78, 5) is 0. The van der Waals surface area contributed by atoms with Gasteiger partial charge >= 0.3 is 0 Å². The summed E-state index contributed by atoms with van der Waals surface area (Å²) in [7, 11) is 0. The summed E-state index contributed by atoms with van der Waals surface area (Å²) < 4.78 is 2.48. The van der Waals surface area contributed by atoms with Crippen molar-refractivity contribution in [3.8, 4) is 22.3 Å². The molecule has 0 bridgehead atoms. The lowest BCUT2D eigenvalue weighted by Crippen LogP contribution is -2.21. The molecular formula is C30H29N. The molecular weight excluding hydrogens is 374 g/mol. The van der Waals surface area contributed by atoms with Gasteiger partial charge in [0, 0.05) is 27.3 Å². The number of benzene rings is 4. The molecule has 1 heterocycles. The van der Waals surface area contributed by atoms with E-state index >= 15 is 0 Å². The first kappa shape index (κ1) is 19.6. The highest BCUT2D eigenvalue weighted by Crippen LogP contribution is 2.38. The van der Waals surface area contributed by atoms with Crippen LogP contribution in [0.25, 0.3) is 44.1 Å². The van der Waals surface area contributed by atoms with Crippen molar-refractivity contribution in [1.29, 1.82) is 0 Å². The number of aryl methyl sites for hydroxylation is 2. The Labute approximate surface area is 185 Å². The molecule has 0 saturated carbocycles. The van der Waals surface area contributed by atoms with E-state index in [2.05, 4.69) is 124 Å². The highest BCUT2D eigenvalue weighted by Gasteiger charge is 2.21. The summed E-state index contributed by atoms with van der Waals surface area (Å²) in [5.74, 6) is 0. The van der Waals surface area contributed by atoms with Crippen LogP contribution in [0.2, 0.25) is 0 Å². The van der Waals surface area contributed by atoms with Crippen LogP contribution in [-0.2, 0) is 5.54 Å². The molecule has 5 rings (SSSR count). The van der Waals surface area contributed by atoms with Crippen LogP contribution >= 0.6 is 0 Å². The molecule has 0 atom stereocenters. The molecule has 0 fully saturated rings. The van der Waals surface area contributed by atoms with Crippen molar-refractivity contribution in [2.45, 2.75) is 40.2 Å². The van der Waals surface area contributed by atoms with E-state index in [4.69, 9.17) is 0 Å². The minimum absolute atomic E-state index is 0.00322. The molecule has 1 nitrogen and oxygen atoms in total. The Kier molecular flexibility index (Phi) is 4.51. The van der Waals surface area contributed by atoms with Crippen molar-refractivity contribution in [2.75, 3.05) is 0 Å². The summed E-state index contributed by atoms with van der Waals surface area (Å²) in [6, 6.07) is 31.5. The van der Waals surface area contributed by atoms with Gasteiger partial charge in [-0.2, -0.15) is 0 Å². The van der Waals surface area contributed by atoms with E-state index in [0.29, 0.717) is 0 Å². The van der Waals surface area contributed by atoms with Gasteiger partial charge in [-0.3, -0.25) is 0 Å². The van der Waals surface area contributed by atoms with Crippen LogP contribution in [0.3, 0.4) is 0 Å². The minimum atomic E-state index is -0.00322. The van der Waals surface area contributed by atoms with Gasteiger partial charge in [0.05, 0.1) is 0 Å². The van der Waals surface area contributed by atoms with Crippen molar-refractivity contribution < 1.29 is 0 Å². The molecule has 4 aromatic carbocycles. The predicted octanol–water partition coefficient (Wildman–Crippen LogP) is 8.50. The Morgan fingerprint density at radius 3 is 1.19 bits per heavy atom. The zero-order chi connectivity index (χ0) is 21.8. The number of aromatic nitrogens is 1. The van der Waals surface area contributed by atoms with Crippen LogP contribution in [0.5, 0.6) is 0 Å². The maximum Gasteiger partial charge on any atom is 0.0496 e. The fraction of sp³-hybridized carbons (Fsp3) is 0.200. The van der Waals surface area contributed by atoms with Crippen LogP contribution < -0.4 is 0 Å². The molecule has 0 aliphatic carbocycles. The average molecular weight is 404 g/mol. The molecule has 0 unspecified atom stereocenters. The average Bonchev–Trinajstić information content (AvgIpc) is 3.08. The fourth-order valence-corrected chi connectivity index (χ4v) is 4.60. The zero-order valence-corrected chi connectivity index (χ0v) is 19.0. The summed E-state index contributed by atoms with van der Waals surface area (Å²) >= 11 is 0. The third kappa shape index (κ3) is 3.45. The molecule has 0 radical (unpaired) electrons. The smallest absolute Gasteiger partial charge is 0.0496 e. The number of nitrogens with zero attached hydrogens (tertiary/aromatic N) is 1. The van der Waals surface area contributed by atoms with Crippen molar-refractivity contribution >= 4 is 21.8 Å². The molecule has 154 valence electrons. The maximum atomic E-state index is 2.48. The van der Waals surface area contributed by atoms with Crippen LogP contribution in [0, 0.1) is 13.8 Å². The molecule has 0 N–H and O–H groups in total. The van der Waals surface area contributed by atoms with E-state index < -0.39 is 0 Å². The Balaban J connectivity index is 1.79. The Hall–Kier alpha value is -3.32. The van der Waals surface area contributed by atoms with Gasteiger partial charge in [0.25, 0.3) is 0 Å². The maximum absolute atomic E-state index is 2.48. The largest absolute Gasteiger partial charge is 0.335 e. The van der Waals surface area contributed by atoms with Crippen molar-refractivity contribution in [3.05, 3.63) is 96.1 Å². The lowest BCUT2D eigenvalue weighted by atomic mass is 9.99. The van der Waals surface area contributed by atoms with Crippen LogP contribution in [0.15, 0.2) is 84.9 Å². The first-order chi connectivity index (χ1) is 14.8. The van der Waals surface area contributed by atoms with Gasteiger partial charge in [0.1, 0.15) is 0 Å². The molecule has 31 heavy (non-hydrogen) atoms. The monoisotopic (exact) mass is 403 g/mol. The number of hydrogen-bond acceptors (Lipinski definition) is 0. The zero-order valence-electron chi connectivity index (χ0n) is 19.0. The normalized spacial score (nSPS) is 12.0. The summed E-state index contributed by atoms with van der Waals surface area (Å²) in [6.45, 7) is 11.1. The lowest BCUT2D eigenvalue weighted by molar-refractivity contribution is 0.423.